The van der Waals surface area contributed by atoms with E-state index in [1.165, 1.54) is 0 Å². The van der Waals surface area contributed by atoms with Gasteiger partial charge in [0.05, 0.1) is 6.54 Å². The molecule has 1 saturated heterocycles. The van der Waals surface area contributed by atoms with Gasteiger partial charge in [0.15, 0.2) is 5.96 Å². The van der Waals surface area contributed by atoms with Gasteiger partial charge in [-0.1, -0.05) is 11.6 Å². The number of guanidine groups is 1. The summed E-state index contributed by atoms with van der Waals surface area (Å²) in [6.45, 7) is 5.41. The second-order valence-corrected chi connectivity index (χ2v) is 6.65. The monoisotopic (exact) mass is 383 g/mol. The Balaban J connectivity index is 1.46. The topological polar surface area (TPSA) is 64.1 Å². The summed E-state index contributed by atoms with van der Waals surface area (Å²) in [6, 6.07) is 7.34. The molecule has 1 fully saturated rings. The molecular weight excluding hydrogens is 354 g/mol. The number of nitrogens with zero attached hydrogens (tertiary/aromatic N) is 1. The van der Waals surface area contributed by atoms with Crippen molar-refractivity contribution in [2.75, 3.05) is 53.2 Å². The maximum atomic E-state index is 5.85. The molecule has 26 heavy (non-hydrogen) atoms. The lowest BCUT2D eigenvalue weighted by molar-refractivity contribution is 0.0203. The van der Waals surface area contributed by atoms with Gasteiger partial charge in [0.25, 0.3) is 0 Å². The van der Waals surface area contributed by atoms with Crippen LogP contribution < -0.4 is 15.4 Å². The van der Waals surface area contributed by atoms with Gasteiger partial charge in [-0.15, -0.1) is 0 Å². The molecule has 0 saturated carbocycles. The maximum Gasteiger partial charge on any atom is 0.191 e. The van der Waals surface area contributed by atoms with E-state index in [1.54, 1.807) is 7.05 Å². The summed E-state index contributed by atoms with van der Waals surface area (Å²) in [5.41, 5.74) is 0. The van der Waals surface area contributed by atoms with E-state index in [2.05, 4.69) is 15.6 Å². The standard InChI is InChI=1S/C19H30ClN3O3/c1-21-19(23-10-14-26-18-5-3-17(20)4-6-18)22-9-2-11-25-15-16-7-12-24-13-8-16/h3-6,16H,2,7-15H2,1H3,(H2,21,22,23). The van der Waals surface area contributed by atoms with Gasteiger partial charge in [0.1, 0.15) is 12.4 Å². The van der Waals surface area contributed by atoms with E-state index in [9.17, 15) is 0 Å². The zero-order valence-corrected chi connectivity index (χ0v) is 16.3. The van der Waals surface area contributed by atoms with Gasteiger partial charge in [-0.2, -0.15) is 0 Å². The zero-order valence-electron chi connectivity index (χ0n) is 15.5. The number of hydrogen-bond donors (Lipinski definition) is 2. The van der Waals surface area contributed by atoms with Crippen LogP contribution >= 0.6 is 11.6 Å². The fourth-order valence-corrected chi connectivity index (χ4v) is 2.76. The molecule has 0 aliphatic carbocycles. The second-order valence-electron chi connectivity index (χ2n) is 6.21. The molecule has 0 radical (unpaired) electrons. The van der Waals surface area contributed by atoms with E-state index in [1.807, 2.05) is 24.3 Å². The van der Waals surface area contributed by atoms with E-state index in [-0.39, 0.29) is 0 Å². The molecule has 0 bridgehead atoms. The molecule has 1 aliphatic heterocycles. The van der Waals surface area contributed by atoms with Crippen molar-refractivity contribution < 1.29 is 14.2 Å². The molecule has 1 aliphatic rings. The van der Waals surface area contributed by atoms with Crippen LogP contribution in [0, 0.1) is 5.92 Å². The molecule has 1 aromatic rings. The molecule has 0 aromatic heterocycles. The van der Waals surface area contributed by atoms with Crippen LogP contribution in [0.15, 0.2) is 29.3 Å². The third kappa shape index (κ3) is 8.74. The average Bonchev–Trinajstić information content (AvgIpc) is 2.68. The van der Waals surface area contributed by atoms with Crippen molar-refractivity contribution in [1.29, 1.82) is 0 Å². The lowest BCUT2D eigenvalue weighted by Crippen LogP contribution is -2.39. The van der Waals surface area contributed by atoms with Crippen molar-refractivity contribution in [2.45, 2.75) is 19.3 Å². The van der Waals surface area contributed by atoms with Crippen molar-refractivity contribution in [3.8, 4) is 5.75 Å². The maximum absolute atomic E-state index is 5.85. The van der Waals surface area contributed by atoms with E-state index < -0.39 is 0 Å². The van der Waals surface area contributed by atoms with Crippen LogP contribution in [0.1, 0.15) is 19.3 Å². The Kier molecular flexibility index (Phi) is 10.2. The highest BCUT2D eigenvalue weighted by Gasteiger charge is 2.13. The zero-order chi connectivity index (χ0) is 18.5. The summed E-state index contributed by atoms with van der Waals surface area (Å²) in [7, 11) is 1.76. The van der Waals surface area contributed by atoms with Crippen molar-refractivity contribution >= 4 is 17.6 Å². The molecule has 7 heteroatoms. The number of aliphatic imine (C=N–C) groups is 1. The molecule has 0 amide bonds. The minimum absolute atomic E-state index is 0.552. The molecule has 1 heterocycles. The number of rotatable bonds is 10. The molecular formula is C19H30ClN3O3. The van der Waals surface area contributed by atoms with E-state index in [0.29, 0.717) is 24.1 Å². The van der Waals surface area contributed by atoms with E-state index >= 15 is 0 Å². The molecule has 0 spiro atoms. The summed E-state index contributed by atoms with van der Waals surface area (Å²) < 4.78 is 16.8. The van der Waals surface area contributed by atoms with E-state index in [4.69, 9.17) is 25.8 Å². The van der Waals surface area contributed by atoms with Gasteiger partial charge in [-0.25, -0.2) is 0 Å². The first-order valence-corrected chi connectivity index (χ1v) is 9.64. The number of nitrogens with one attached hydrogen (secondary N) is 2. The minimum Gasteiger partial charge on any atom is -0.492 e. The molecule has 2 rings (SSSR count). The predicted molar refractivity (Wildman–Crippen MR) is 105 cm³/mol. The second kappa shape index (κ2) is 12.8. The van der Waals surface area contributed by atoms with Crippen molar-refractivity contribution in [2.24, 2.45) is 10.9 Å². The molecule has 0 unspecified atom stereocenters. The minimum atomic E-state index is 0.552. The largest absolute Gasteiger partial charge is 0.492 e. The van der Waals surface area contributed by atoms with Gasteiger partial charge in [-0.3, -0.25) is 4.99 Å². The smallest absolute Gasteiger partial charge is 0.191 e. The highest BCUT2D eigenvalue weighted by atomic mass is 35.5. The quantitative estimate of drug-likeness (QED) is 0.369. The molecule has 0 atom stereocenters. The Morgan fingerprint density at radius 2 is 1.88 bits per heavy atom. The third-order valence-electron chi connectivity index (χ3n) is 4.15. The Morgan fingerprint density at radius 1 is 1.15 bits per heavy atom. The Bertz CT molecular complexity index is 519. The van der Waals surface area contributed by atoms with Crippen molar-refractivity contribution in [1.82, 2.24) is 10.6 Å². The highest BCUT2D eigenvalue weighted by Crippen LogP contribution is 2.15. The van der Waals surface area contributed by atoms with Crippen LogP contribution in [0.3, 0.4) is 0 Å². The fourth-order valence-electron chi connectivity index (χ4n) is 2.63. The van der Waals surface area contributed by atoms with Gasteiger partial charge in [-0.05, 0) is 49.4 Å². The van der Waals surface area contributed by atoms with E-state index in [0.717, 1.165) is 63.9 Å². The summed E-state index contributed by atoms with van der Waals surface area (Å²) in [5, 5.41) is 7.21. The van der Waals surface area contributed by atoms with Crippen molar-refractivity contribution in [3.05, 3.63) is 29.3 Å². The van der Waals surface area contributed by atoms with Crippen LogP contribution in [0.4, 0.5) is 0 Å². The number of ether oxygens (including phenoxy) is 3. The van der Waals surface area contributed by atoms with Crippen LogP contribution in [0.25, 0.3) is 0 Å². The first kappa shape index (κ1) is 20.8. The summed E-state index contributed by atoms with van der Waals surface area (Å²) in [6.07, 6.45) is 3.19. The molecule has 6 nitrogen and oxygen atoms in total. The lowest BCUT2D eigenvalue weighted by atomic mass is 10.0. The Hall–Kier alpha value is -1.50. The third-order valence-corrected chi connectivity index (χ3v) is 4.40. The predicted octanol–water partition coefficient (Wildman–Crippen LogP) is 2.72. The normalized spacial score (nSPS) is 15.7. The average molecular weight is 384 g/mol. The Labute approximate surface area is 161 Å². The molecule has 1 aromatic carbocycles. The SMILES string of the molecule is CN=C(NCCCOCC1CCOCC1)NCCOc1ccc(Cl)cc1. The van der Waals surface area contributed by atoms with Gasteiger partial charge >= 0.3 is 0 Å². The number of benzene rings is 1. The lowest BCUT2D eigenvalue weighted by Gasteiger charge is -2.21. The Morgan fingerprint density at radius 3 is 2.62 bits per heavy atom. The van der Waals surface area contributed by atoms with Crippen LogP contribution in [0.2, 0.25) is 5.02 Å². The van der Waals surface area contributed by atoms with Crippen LogP contribution in [-0.2, 0) is 9.47 Å². The van der Waals surface area contributed by atoms with Gasteiger partial charge in [0, 0.05) is 45.0 Å². The van der Waals surface area contributed by atoms with Gasteiger partial charge < -0.3 is 24.8 Å². The summed E-state index contributed by atoms with van der Waals surface area (Å²) in [4.78, 5) is 4.20. The van der Waals surface area contributed by atoms with Crippen LogP contribution in [0.5, 0.6) is 5.75 Å². The van der Waals surface area contributed by atoms with Gasteiger partial charge in [0.2, 0.25) is 0 Å². The fraction of sp³-hybridized carbons (Fsp3) is 0.632. The number of halogens is 1. The molecule has 2 N–H and O–H groups in total. The molecule has 146 valence electrons. The summed E-state index contributed by atoms with van der Waals surface area (Å²) >= 11 is 5.85. The van der Waals surface area contributed by atoms with Crippen LogP contribution in [-0.4, -0.2) is 59.1 Å². The first-order valence-electron chi connectivity index (χ1n) is 9.26. The highest BCUT2D eigenvalue weighted by molar-refractivity contribution is 6.30. The van der Waals surface area contributed by atoms with Crippen molar-refractivity contribution in [3.63, 3.8) is 0 Å². The summed E-state index contributed by atoms with van der Waals surface area (Å²) in [5.74, 6) is 2.24. The number of hydrogen-bond acceptors (Lipinski definition) is 4. The first-order chi connectivity index (χ1) is 12.8.